The zero-order valence-corrected chi connectivity index (χ0v) is 39.5. The van der Waals surface area contributed by atoms with E-state index in [1.807, 2.05) is 84.9 Å². The Balaban J connectivity index is 1.15. The SMILES string of the molecule is COc1ccccc1-c1ccc2c(c1)-c1nc-2nc2[nH]c(nc3nc(nc4[nH]c(n1)c1ccc(-c5ccccc5OC)cc41)-c1ccc(-c4ccccc4OC)cc1-3)c1ccc(-c3ccccc3OC)cc21. The van der Waals surface area contributed by atoms with Crippen LogP contribution in [-0.2, 0) is 0 Å². The number of hydrogen-bond donors (Lipinski definition) is 2. The molecule has 11 aromatic rings. The van der Waals surface area contributed by atoms with E-state index in [1.165, 1.54) is 0 Å². The number of nitrogens with zero attached hydrogens (tertiary/aromatic N) is 6. The first-order valence-electron chi connectivity index (χ1n) is 23.4. The summed E-state index contributed by atoms with van der Waals surface area (Å²) in [5, 5.41) is 3.36. The van der Waals surface area contributed by atoms with Crippen molar-refractivity contribution in [2.45, 2.75) is 0 Å². The smallest absolute Gasteiger partial charge is 0.164 e. The highest BCUT2D eigenvalue weighted by Gasteiger charge is 2.25. The van der Waals surface area contributed by atoms with E-state index >= 15 is 0 Å². The lowest BCUT2D eigenvalue weighted by Crippen LogP contribution is -1.89. The van der Waals surface area contributed by atoms with Crippen LogP contribution in [0.4, 0.5) is 0 Å². The number of nitrogens with one attached hydrogen (secondary N) is 2. The third kappa shape index (κ3) is 6.99. The number of aromatic nitrogens is 8. The molecule has 0 spiro atoms. The second-order valence-electron chi connectivity index (χ2n) is 17.5. The summed E-state index contributed by atoms with van der Waals surface area (Å²) in [6.45, 7) is 0. The number of benzene rings is 8. The van der Waals surface area contributed by atoms with E-state index in [2.05, 4.69) is 94.9 Å². The molecule has 12 heteroatoms. The van der Waals surface area contributed by atoms with E-state index in [-0.39, 0.29) is 0 Å². The number of H-pyrrole nitrogens is 2. The lowest BCUT2D eigenvalue weighted by atomic mass is 9.99. The fourth-order valence-corrected chi connectivity index (χ4v) is 10.00. The van der Waals surface area contributed by atoms with Gasteiger partial charge in [-0.1, -0.05) is 97.1 Å². The minimum atomic E-state index is 0.481. The topological polar surface area (TPSA) is 146 Å². The summed E-state index contributed by atoms with van der Waals surface area (Å²) in [5.41, 5.74) is 13.1. The maximum Gasteiger partial charge on any atom is 0.164 e. The second kappa shape index (κ2) is 17.1. The number of fused-ring (bicyclic) bond motifs is 20. The van der Waals surface area contributed by atoms with E-state index in [9.17, 15) is 0 Å². The maximum atomic E-state index is 5.83. The van der Waals surface area contributed by atoms with Crippen LogP contribution < -0.4 is 18.9 Å². The van der Waals surface area contributed by atoms with Crippen LogP contribution in [0.25, 0.3) is 134 Å². The molecule has 2 aliphatic heterocycles. The summed E-state index contributed by atoms with van der Waals surface area (Å²) >= 11 is 0. The molecular weight excluding hydrogens is 897 g/mol. The highest BCUT2D eigenvalue weighted by molar-refractivity contribution is 6.08. The first-order valence-corrected chi connectivity index (χ1v) is 23.4. The van der Waals surface area contributed by atoms with Crippen molar-refractivity contribution in [3.63, 3.8) is 0 Å². The number of ether oxygens (including phenoxy) is 4. The number of rotatable bonds is 8. The summed E-state index contributed by atoms with van der Waals surface area (Å²) in [5.74, 6) is 4.96. The lowest BCUT2D eigenvalue weighted by molar-refractivity contribution is 0.416. The first-order chi connectivity index (χ1) is 35.5. The monoisotopic (exact) mass is 938 g/mol. The van der Waals surface area contributed by atoms with Crippen molar-refractivity contribution in [2.75, 3.05) is 28.4 Å². The minimum Gasteiger partial charge on any atom is -0.496 e. The molecule has 0 aliphatic carbocycles. The van der Waals surface area contributed by atoms with Crippen molar-refractivity contribution >= 4 is 44.1 Å². The van der Waals surface area contributed by atoms with Crippen molar-refractivity contribution in [1.82, 2.24) is 39.9 Å². The molecule has 12 nitrogen and oxygen atoms in total. The van der Waals surface area contributed by atoms with Crippen LogP contribution in [0.5, 0.6) is 23.0 Å². The van der Waals surface area contributed by atoms with Crippen molar-refractivity contribution in [2.24, 2.45) is 0 Å². The van der Waals surface area contributed by atoms with Gasteiger partial charge in [0, 0.05) is 66.1 Å². The van der Waals surface area contributed by atoms with Crippen LogP contribution in [0, 0.1) is 0 Å². The molecule has 8 aromatic carbocycles. The average Bonchev–Trinajstić information content (AvgIpc) is 4.17. The Labute approximate surface area is 412 Å². The van der Waals surface area contributed by atoms with Gasteiger partial charge in [-0.25, -0.2) is 29.9 Å². The molecule has 0 amide bonds. The predicted octanol–water partition coefficient (Wildman–Crippen LogP) is 13.6. The molecule has 346 valence electrons. The van der Waals surface area contributed by atoms with E-state index in [0.717, 1.165) is 111 Å². The number of para-hydroxylation sites is 4. The molecular formula is C60H42N8O4. The molecule has 0 saturated heterocycles. The van der Waals surface area contributed by atoms with Gasteiger partial charge in [0.1, 0.15) is 45.6 Å². The van der Waals surface area contributed by atoms with E-state index in [0.29, 0.717) is 45.9 Å². The van der Waals surface area contributed by atoms with Crippen LogP contribution in [0.2, 0.25) is 0 Å². The predicted molar refractivity (Wildman–Crippen MR) is 284 cm³/mol. The summed E-state index contributed by atoms with van der Waals surface area (Å²) in [4.78, 5) is 39.3. The highest BCUT2D eigenvalue weighted by atomic mass is 16.5. The van der Waals surface area contributed by atoms with Gasteiger partial charge in [0.15, 0.2) is 23.3 Å². The second-order valence-corrected chi connectivity index (χ2v) is 17.5. The summed E-state index contributed by atoms with van der Waals surface area (Å²) in [6.07, 6.45) is 0. The Morgan fingerprint density at radius 2 is 0.556 bits per heavy atom. The third-order valence-corrected chi connectivity index (χ3v) is 13.5. The van der Waals surface area contributed by atoms with E-state index < -0.39 is 0 Å². The van der Waals surface area contributed by atoms with Gasteiger partial charge in [0.05, 0.1) is 28.4 Å². The molecule has 0 radical (unpaired) electrons. The van der Waals surface area contributed by atoms with Crippen LogP contribution in [0.3, 0.4) is 0 Å². The van der Waals surface area contributed by atoms with Crippen molar-refractivity contribution in [3.8, 4) is 113 Å². The average molecular weight is 939 g/mol. The Kier molecular flexibility index (Phi) is 10.1. The van der Waals surface area contributed by atoms with Crippen molar-refractivity contribution < 1.29 is 18.9 Å². The number of methoxy groups -OCH3 is 4. The van der Waals surface area contributed by atoms with Gasteiger partial charge in [-0.3, -0.25) is 0 Å². The van der Waals surface area contributed by atoms with Crippen LogP contribution >= 0.6 is 0 Å². The maximum absolute atomic E-state index is 5.83. The van der Waals surface area contributed by atoms with Gasteiger partial charge in [-0.15, -0.1) is 0 Å². The Bertz CT molecular complexity index is 3930. The molecule has 0 unspecified atom stereocenters. The Morgan fingerprint density at radius 1 is 0.264 bits per heavy atom. The Hall–Kier alpha value is -9.68. The molecule has 2 aliphatic rings. The zero-order chi connectivity index (χ0) is 48.5. The van der Waals surface area contributed by atoms with Crippen molar-refractivity contribution in [3.05, 3.63) is 170 Å². The van der Waals surface area contributed by atoms with Crippen LogP contribution in [0.15, 0.2) is 170 Å². The van der Waals surface area contributed by atoms with E-state index in [1.54, 1.807) is 28.4 Å². The largest absolute Gasteiger partial charge is 0.496 e. The fourth-order valence-electron chi connectivity index (χ4n) is 10.00. The molecule has 0 saturated carbocycles. The summed E-state index contributed by atoms with van der Waals surface area (Å²) in [7, 11) is 6.74. The molecule has 0 fully saturated rings. The lowest BCUT2D eigenvalue weighted by Gasteiger charge is -2.09. The van der Waals surface area contributed by atoms with Gasteiger partial charge in [-0.2, -0.15) is 0 Å². The summed E-state index contributed by atoms with van der Waals surface area (Å²) in [6, 6.07) is 56.9. The van der Waals surface area contributed by atoms with Crippen molar-refractivity contribution in [1.29, 1.82) is 0 Å². The normalized spacial score (nSPS) is 11.6. The standard InChI is InChI=1S/C60H42N8O4/c1-69-49-17-9-5-13-37(49)33-21-25-41-45(29-33)57-61-53(41)66-58-47-31-35(39-15-7-11-19-51(39)71-3)23-27-43(47)55(63-58)68-60-48-32-36(40-16-8-12-20-52(40)72-4)24-28-44(48)56(64-60)67-59-46-30-34(22-26-42(46)54(62-59)65-57)38-14-6-10-18-50(38)70-2/h5-32H,1-4H3,(H2,61,62,63,64,65,66,67,68). The molecule has 72 heavy (non-hydrogen) atoms. The third-order valence-electron chi connectivity index (χ3n) is 13.5. The van der Waals surface area contributed by atoms with Gasteiger partial charge in [0.25, 0.3) is 0 Å². The minimum absolute atomic E-state index is 0.481. The number of hydrogen-bond acceptors (Lipinski definition) is 10. The highest BCUT2D eigenvalue weighted by Crippen LogP contribution is 2.43. The quantitative estimate of drug-likeness (QED) is 0.151. The fraction of sp³-hybridized carbons (Fsp3) is 0.0667. The van der Waals surface area contributed by atoms with Gasteiger partial charge in [0.2, 0.25) is 0 Å². The van der Waals surface area contributed by atoms with Crippen LogP contribution in [-0.4, -0.2) is 68.3 Å². The van der Waals surface area contributed by atoms with Gasteiger partial charge < -0.3 is 28.9 Å². The number of aromatic amines is 2. The van der Waals surface area contributed by atoms with E-state index in [4.69, 9.17) is 48.9 Å². The molecule has 5 heterocycles. The summed E-state index contributed by atoms with van der Waals surface area (Å²) < 4.78 is 23.3. The zero-order valence-electron chi connectivity index (χ0n) is 39.5. The molecule has 13 rings (SSSR count). The molecule has 0 atom stereocenters. The van der Waals surface area contributed by atoms with Crippen LogP contribution in [0.1, 0.15) is 0 Å². The molecule has 2 N–H and O–H groups in total. The molecule has 3 aromatic heterocycles. The first kappa shape index (κ1) is 42.4. The Morgan fingerprint density at radius 3 is 0.903 bits per heavy atom. The van der Waals surface area contributed by atoms with Gasteiger partial charge >= 0.3 is 0 Å². The molecule has 8 bridgehead atoms. The van der Waals surface area contributed by atoms with Gasteiger partial charge in [-0.05, 0) is 95.1 Å².